The highest BCUT2D eigenvalue weighted by Gasteiger charge is 2.24. The van der Waals surface area contributed by atoms with E-state index in [-0.39, 0.29) is 5.41 Å². The number of nitrogens with zero attached hydrogens (tertiary/aromatic N) is 3. The minimum absolute atomic E-state index is 0.0213. The first-order valence-corrected chi connectivity index (χ1v) is 7.05. The first-order valence-electron chi connectivity index (χ1n) is 7.05. The zero-order valence-corrected chi connectivity index (χ0v) is 13.3. The van der Waals surface area contributed by atoms with E-state index in [1.165, 1.54) is 0 Å². The summed E-state index contributed by atoms with van der Waals surface area (Å²) in [4.78, 5) is 18.1. The first kappa shape index (κ1) is 15.5. The largest absolute Gasteiger partial charge is 0.478 e. The van der Waals surface area contributed by atoms with Crippen LogP contribution in [0.1, 0.15) is 30.0 Å². The minimum atomic E-state index is -0.910. The Morgan fingerprint density at radius 1 is 1.38 bits per heavy atom. The van der Waals surface area contributed by atoms with Crippen LogP contribution < -0.4 is 0 Å². The van der Waals surface area contributed by atoms with E-state index in [2.05, 4.69) is 23.7 Å². The number of aromatic nitrogens is 2. The van der Waals surface area contributed by atoms with Crippen LogP contribution in [0.2, 0.25) is 0 Å². The average Bonchev–Trinajstić information content (AvgIpc) is 2.63. The summed E-state index contributed by atoms with van der Waals surface area (Å²) in [5.74, 6) is -0.0577. The number of aromatic carboxylic acids is 1. The summed E-state index contributed by atoms with van der Waals surface area (Å²) < 4.78 is 2.03. The predicted molar refractivity (Wildman–Crippen MR) is 83.8 cm³/mol. The van der Waals surface area contributed by atoms with E-state index in [1.807, 2.05) is 31.7 Å². The Bertz CT molecular complexity index is 671. The van der Waals surface area contributed by atoms with Gasteiger partial charge in [0, 0.05) is 13.1 Å². The molecule has 5 nitrogen and oxygen atoms in total. The van der Waals surface area contributed by atoms with Crippen LogP contribution in [0.25, 0.3) is 11.0 Å². The fourth-order valence-corrected chi connectivity index (χ4v) is 3.00. The van der Waals surface area contributed by atoms with Crippen molar-refractivity contribution in [2.45, 2.75) is 27.3 Å². The van der Waals surface area contributed by atoms with Gasteiger partial charge in [0.2, 0.25) is 0 Å². The van der Waals surface area contributed by atoms with E-state index in [0.29, 0.717) is 11.1 Å². The van der Waals surface area contributed by atoms with Gasteiger partial charge in [0.25, 0.3) is 0 Å². The van der Waals surface area contributed by atoms with E-state index in [0.717, 1.165) is 24.4 Å². The van der Waals surface area contributed by atoms with Crippen LogP contribution in [0.4, 0.5) is 0 Å². The lowest BCUT2D eigenvalue weighted by Gasteiger charge is -2.29. The molecule has 1 N–H and O–H groups in total. The van der Waals surface area contributed by atoms with Gasteiger partial charge in [-0.3, -0.25) is 0 Å². The molecule has 0 atom stereocenters. The summed E-state index contributed by atoms with van der Waals surface area (Å²) >= 11 is 0. The molecule has 0 spiro atoms. The summed E-state index contributed by atoms with van der Waals surface area (Å²) in [5.41, 5.74) is 1.80. The second-order valence-electron chi connectivity index (χ2n) is 6.63. The molecular weight excluding hydrogens is 266 g/mol. The monoisotopic (exact) mass is 289 g/mol. The Balaban J connectivity index is 2.53. The van der Waals surface area contributed by atoms with Crippen LogP contribution >= 0.6 is 0 Å². The lowest BCUT2D eigenvalue weighted by atomic mass is 9.92. The third-order valence-electron chi connectivity index (χ3n) is 3.52. The van der Waals surface area contributed by atoms with Gasteiger partial charge in [0.15, 0.2) is 0 Å². The second kappa shape index (κ2) is 5.48. The first-order chi connectivity index (χ1) is 9.71. The fourth-order valence-electron chi connectivity index (χ4n) is 3.00. The van der Waals surface area contributed by atoms with Crippen LogP contribution in [0, 0.1) is 12.3 Å². The topological polar surface area (TPSA) is 58.4 Å². The number of carboxylic acid groups (broad SMARTS) is 1. The molecule has 1 aromatic heterocycles. The Hall–Kier alpha value is -1.88. The van der Waals surface area contributed by atoms with Crippen molar-refractivity contribution in [1.29, 1.82) is 0 Å². The SMILES string of the molecule is Cc1nc2cccc(C(=O)O)c2n1CC(C)(C)CN(C)C. The number of hydrogen-bond donors (Lipinski definition) is 1. The molecule has 21 heavy (non-hydrogen) atoms. The van der Waals surface area contributed by atoms with Gasteiger partial charge in [-0.25, -0.2) is 9.78 Å². The summed E-state index contributed by atoms with van der Waals surface area (Å²) in [6.07, 6.45) is 0. The van der Waals surface area contributed by atoms with Crippen LogP contribution in [0.3, 0.4) is 0 Å². The Kier molecular flexibility index (Phi) is 4.05. The Labute approximate surface area is 125 Å². The number of carboxylic acids is 1. The molecule has 0 bridgehead atoms. The van der Waals surface area contributed by atoms with E-state index in [1.54, 1.807) is 12.1 Å². The van der Waals surface area contributed by atoms with Crippen molar-refractivity contribution in [3.63, 3.8) is 0 Å². The van der Waals surface area contributed by atoms with Crippen molar-refractivity contribution in [3.8, 4) is 0 Å². The fraction of sp³-hybridized carbons (Fsp3) is 0.500. The zero-order chi connectivity index (χ0) is 15.8. The molecule has 0 fully saturated rings. The van der Waals surface area contributed by atoms with Gasteiger partial charge in [-0.15, -0.1) is 0 Å². The molecule has 2 rings (SSSR count). The minimum Gasteiger partial charge on any atom is -0.478 e. The molecule has 114 valence electrons. The third-order valence-corrected chi connectivity index (χ3v) is 3.52. The van der Waals surface area contributed by atoms with Gasteiger partial charge in [0.1, 0.15) is 5.82 Å². The van der Waals surface area contributed by atoms with Gasteiger partial charge in [-0.2, -0.15) is 0 Å². The van der Waals surface area contributed by atoms with Crippen molar-refractivity contribution in [1.82, 2.24) is 14.5 Å². The zero-order valence-electron chi connectivity index (χ0n) is 13.3. The number of hydrogen-bond acceptors (Lipinski definition) is 3. The summed E-state index contributed by atoms with van der Waals surface area (Å²) in [5, 5.41) is 9.41. The van der Waals surface area contributed by atoms with Crippen LogP contribution in [-0.4, -0.2) is 46.2 Å². The maximum atomic E-state index is 11.5. The van der Waals surface area contributed by atoms with Crippen LogP contribution in [0.5, 0.6) is 0 Å². The molecule has 0 radical (unpaired) electrons. The second-order valence-corrected chi connectivity index (χ2v) is 6.63. The molecule has 0 saturated heterocycles. The van der Waals surface area contributed by atoms with Crippen molar-refractivity contribution < 1.29 is 9.90 Å². The van der Waals surface area contributed by atoms with E-state index < -0.39 is 5.97 Å². The van der Waals surface area contributed by atoms with Crippen molar-refractivity contribution >= 4 is 17.0 Å². The quantitative estimate of drug-likeness (QED) is 0.919. The molecule has 1 aromatic carbocycles. The van der Waals surface area contributed by atoms with E-state index >= 15 is 0 Å². The van der Waals surface area contributed by atoms with Gasteiger partial charge in [-0.1, -0.05) is 19.9 Å². The molecule has 0 unspecified atom stereocenters. The standard InChI is InChI=1S/C16H23N3O2/c1-11-17-13-8-6-7-12(15(20)21)14(13)19(11)10-16(2,3)9-18(4)5/h6-8H,9-10H2,1-5H3,(H,20,21). The van der Waals surface area contributed by atoms with E-state index in [9.17, 15) is 9.90 Å². The molecule has 0 amide bonds. The predicted octanol–water partition coefficient (Wildman–Crippen LogP) is 2.63. The molecular formula is C16H23N3O2. The smallest absolute Gasteiger partial charge is 0.337 e. The lowest BCUT2D eigenvalue weighted by Crippen LogP contribution is -2.32. The molecule has 2 aromatic rings. The Morgan fingerprint density at radius 3 is 2.62 bits per heavy atom. The molecule has 5 heteroatoms. The number of imidazole rings is 1. The molecule has 0 aliphatic rings. The number of fused-ring (bicyclic) bond motifs is 1. The normalized spacial score (nSPS) is 12.3. The summed E-state index contributed by atoms with van der Waals surface area (Å²) in [7, 11) is 4.09. The summed E-state index contributed by atoms with van der Waals surface area (Å²) in [6.45, 7) is 7.94. The molecule has 0 aliphatic heterocycles. The highest BCUT2D eigenvalue weighted by atomic mass is 16.4. The van der Waals surface area contributed by atoms with Gasteiger partial charge < -0.3 is 14.6 Å². The maximum absolute atomic E-state index is 11.5. The maximum Gasteiger partial charge on any atom is 0.337 e. The number of rotatable bonds is 5. The average molecular weight is 289 g/mol. The van der Waals surface area contributed by atoms with Crippen molar-refractivity contribution in [2.24, 2.45) is 5.41 Å². The van der Waals surface area contributed by atoms with Crippen molar-refractivity contribution in [3.05, 3.63) is 29.6 Å². The third kappa shape index (κ3) is 3.24. The Morgan fingerprint density at radius 2 is 2.05 bits per heavy atom. The number of aryl methyl sites for hydroxylation is 1. The highest BCUT2D eigenvalue weighted by molar-refractivity contribution is 6.01. The molecule has 0 aliphatic carbocycles. The number of carbonyl (C=O) groups is 1. The lowest BCUT2D eigenvalue weighted by molar-refractivity contribution is 0.0698. The van der Waals surface area contributed by atoms with Crippen molar-refractivity contribution in [2.75, 3.05) is 20.6 Å². The molecule has 1 heterocycles. The summed E-state index contributed by atoms with van der Waals surface area (Å²) in [6, 6.07) is 5.25. The number of para-hydroxylation sites is 1. The number of benzene rings is 1. The van der Waals surface area contributed by atoms with Gasteiger partial charge in [0.05, 0.1) is 16.6 Å². The van der Waals surface area contributed by atoms with Crippen LogP contribution in [-0.2, 0) is 6.54 Å². The molecule has 0 saturated carbocycles. The highest BCUT2D eigenvalue weighted by Crippen LogP contribution is 2.26. The van der Waals surface area contributed by atoms with Gasteiger partial charge in [-0.05, 0) is 38.6 Å². The van der Waals surface area contributed by atoms with E-state index in [4.69, 9.17) is 0 Å². The van der Waals surface area contributed by atoms with Crippen LogP contribution in [0.15, 0.2) is 18.2 Å². The van der Waals surface area contributed by atoms with Gasteiger partial charge >= 0.3 is 5.97 Å².